The number of nitrogens with zero attached hydrogens (tertiary/aromatic N) is 1. The topological polar surface area (TPSA) is 59.4 Å². The van der Waals surface area contributed by atoms with E-state index in [2.05, 4.69) is 9.72 Å². The number of esters is 1. The molecule has 0 aliphatic rings. The predicted octanol–water partition coefficient (Wildman–Crippen LogP) is 2.04. The number of pyridine rings is 1. The molecular formula is C12H14F3NO3. The number of aromatic nitrogens is 1. The van der Waals surface area contributed by atoms with Gasteiger partial charge in [0.15, 0.2) is 0 Å². The molecule has 0 radical (unpaired) electrons. The van der Waals surface area contributed by atoms with Crippen LogP contribution in [-0.4, -0.2) is 34.4 Å². The van der Waals surface area contributed by atoms with Crippen LogP contribution in [0.3, 0.4) is 0 Å². The Balaban J connectivity index is 3.22. The Morgan fingerprint density at radius 3 is 2.53 bits per heavy atom. The summed E-state index contributed by atoms with van der Waals surface area (Å²) in [5, 5.41) is 9.83. The summed E-state index contributed by atoms with van der Waals surface area (Å²) in [5.41, 5.74) is -3.66. The number of ether oxygens (including phenoxy) is 1. The van der Waals surface area contributed by atoms with Crippen LogP contribution in [0, 0.1) is 0 Å². The lowest BCUT2D eigenvalue weighted by molar-refractivity contribution is -0.268. The standard InChI is InChI=1S/C12H14F3NO3/c1-3-19-10(17)11(18,12(13,14)15)8(2)9-6-4-5-7-16-9/h4-8,18H,3H2,1-2H3. The zero-order valence-electron chi connectivity index (χ0n) is 10.4. The van der Waals surface area contributed by atoms with Crippen LogP contribution in [0.15, 0.2) is 24.4 Å². The van der Waals surface area contributed by atoms with Crippen molar-refractivity contribution in [1.82, 2.24) is 4.98 Å². The van der Waals surface area contributed by atoms with Crippen LogP contribution in [0.2, 0.25) is 0 Å². The van der Waals surface area contributed by atoms with Crippen LogP contribution < -0.4 is 0 Å². The average Bonchev–Trinajstić information content (AvgIpc) is 2.36. The number of alkyl halides is 3. The second kappa shape index (κ2) is 5.56. The first kappa shape index (κ1) is 15.4. The van der Waals surface area contributed by atoms with Crippen LogP contribution in [0.5, 0.6) is 0 Å². The molecule has 0 bridgehead atoms. The SMILES string of the molecule is CCOC(=O)C(O)(C(C)c1ccccn1)C(F)(F)F. The minimum Gasteiger partial charge on any atom is -0.464 e. The Bertz CT molecular complexity index is 436. The van der Waals surface area contributed by atoms with Crippen LogP contribution in [0.25, 0.3) is 0 Å². The third kappa shape index (κ3) is 2.86. The summed E-state index contributed by atoms with van der Waals surface area (Å²) in [4.78, 5) is 15.2. The van der Waals surface area contributed by atoms with E-state index in [0.717, 1.165) is 6.92 Å². The summed E-state index contributed by atoms with van der Waals surface area (Å²) in [6, 6.07) is 4.30. The Morgan fingerprint density at radius 2 is 2.11 bits per heavy atom. The van der Waals surface area contributed by atoms with Gasteiger partial charge >= 0.3 is 12.1 Å². The number of aliphatic hydroxyl groups is 1. The third-order valence-corrected chi connectivity index (χ3v) is 2.78. The predicted molar refractivity (Wildman–Crippen MR) is 60.3 cm³/mol. The van der Waals surface area contributed by atoms with Crippen molar-refractivity contribution in [2.45, 2.75) is 31.5 Å². The molecule has 1 heterocycles. The normalized spacial score (nSPS) is 16.5. The molecule has 1 aromatic rings. The first-order valence-corrected chi connectivity index (χ1v) is 5.62. The van der Waals surface area contributed by atoms with Gasteiger partial charge in [0.1, 0.15) is 0 Å². The number of halogens is 3. The van der Waals surface area contributed by atoms with Crippen molar-refractivity contribution in [3.8, 4) is 0 Å². The Morgan fingerprint density at radius 1 is 1.47 bits per heavy atom. The number of carbonyl (C=O) groups is 1. The maximum Gasteiger partial charge on any atom is 0.428 e. The molecule has 0 aliphatic carbocycles. The van der Waals surface area contributed by atoms with E-state index >= 15 is 0 Å². The van der Waals surface area contributed by atoms with Crippen molar-refractivity contribution in [2.75, 3.05) is 6.61 Å². The molecule has 0 saturated heterocycles. The second-order valence-electron chi connectivity index (χ2n) is 3.96. The van der Waals surface area contributed by atoms with Crippen molar-refractivity contribution >= 4 is 5.97 Å². The van der Waals surface area contributed by atoms with Crippen molar-refractivity contribution in [1.29, 1.82) is 0 Å². The Kier molecular flexibility index (Phi) is 4.52. The smallest absolute Gasteiger partial charge is 0.428 e. The van der Waals surface area contributed by atoms with E-state index in [4.69, 9.17) is 0 Å². The number of hydrogen-bond acceptors (Lipinski definition) is 4. The molecule has 1 N–H and O–H groups in total. The van der Waals surface area contributed by atoms with Crippen molar-refractivity contribution in [3.63, 3.8) is 0 Å². The minimum atomic E-state index is -5.16. The van der Waals surface area contributed by atoms with Gasteiger partial charge in [-0.1, -0.05) is 13.0 Å². The van der Waals surface area contributed by atoms with E-state index in [9.17, 15) is 23.1 Å². The highest BCUT2D eigenvalue weighted by molar-refractivity contribution is 5.81. The molecule has 4 nitrogen and oxygen atoms in total. The first-order chi connectivity index (χ1) is 8.75. The highest BCUT2D eigenvalue weighted by atomic mass is 19.4. The molecule has 7 heteroatoms. The quantitative estimate of drug-likeness (QED) is 0.856. The first-order valence-electron chi connectivity index (χ1n) is 5.62. The van der Waals surface area contributed by atoms with Gasteiger partial charge in [-0.05, 0) is 19.1 Å². The van der Waals surface area contributed by atoms with Gasteiger partial charge < -0.3 is 9.84 Å². The van der Waals surface area contributed by atoms with E-state index in [1.54, 1.807) is 0 Å². The molecule has 2 unspecified atom stereocenters. The number of carbonyl (C=O) groups excluding carboxylic acids is 1. The lowest BCUT2D eigenvalue weighted by atomic mass is 9.85. The van der Waals surface area contributed by atoms with Gasteiger partial charge in [-0.25, -0.2) is 4.79 Å². The van der Waals surface area contributed by atoms with Gasteiger partial charge in [-0.3, -0.25) is 4.98 Å². The van der Waals surface area contributed by atoms with E-state index < -0.39 is 23.7 Å². The molecule has 0 amide bonds. The lowest BCUT2D eigenvalue weighted by Crippen LogP contribution is -2.56. The molecule has 1 aromatic heterocycles. The molecule has 2 atom stereocenters. The molecule has 1 rings (SSSR count). The van der Waals surface area contributed by atoms with E-state index in [-0.39, 0.29) is 12.3 Å². The number of hydrogen-bond donors (Lipinski definition) is 1. The van der Waals surface area contributed by atoms with Crippen LogP contribution in [0.1, 0.15) is 25.5 Å². The van der Waals surface area contributed by atoms with Gasteiger partial charge in [0, 0.05) is 17.8 Å². The second-order valence-corrected chi connectivity index (χ2v) is 3.96. The fraction of sp³-hybridized carbons (Fsp3) is 0.500. The van der Waals surface area contributed by atoms with Gasteiger partial charge in [0.25, 0.3) is 5.60 Å². The minimum absolute atomic E-state index is 0.0459. The van der Waals surface area contributed by atoms with Gasteiger partial charge in [0.05, 0.1) is 6.61 Å². The summed E-state index contributed by atoms with van der Waals surface area (Å²) in [5.74, 6) is -3.30. The highest BCUT2D eigenvalue weighted by Crippen LogP contribution is 2.41. The Labute approximate surface area is 108 Å². The van der Waals surface area contributed by atoms with Gasteiger partial charge in [0.2, 0.25) is 0 Å². The summed E-state index contributed by atoms with van der Waals surface area (Å²) < 4.78 is 43.4. The largest absolute Gasteiger partial charge is 0.464 e. The Hall–Kier alpha value is -1.63. The average molecular weight is 277 g/mol. The van der Waals surface area contributed by atoms with Crippen LogP contribution in [0.4, 0.5) is 13.2 Å². The van der Waals surface area contributed by atoms with Crippen molar-refractivity contribution < 1.29 is 27.8 Å². The summed E-state index contributed by atoms with van der Waals surface area (Å²) in [6.45, 7) is 2.18. The number of rotatable bonds is 4. The van der Waals surface area contributed by atoms with Crippen molar-refractivity contribution in [3.05, 3.63) is 30.1 Å². The van der Waals surface area contributed by atoms with E-state index in [0.29, 0.717) is 0 Å². The fourth-order valence-corrected chi connectivity index (χ4v) is 1.63. The van der Waals surface area contributed by atoms with Gasteiger partial charge in [-0.2, -0.15) is 13.2 Å². The zero-order chi connectivity index (χ0) is 14.7. The summed E-state index contributed by atoms with van der Waals surface area (Å²) in [6.07, 6.45) is -3.87. The van der Waals surface area contributed by atoms with Crippen molar-refractivity contribution in [2.24, 2.45) is 0 Å². The molecule has 106 valence electrons. The maximum absolute atomic E-state index is 13.0. The molecule has 0 fully saturated rings. The lowest BCUT2D eigenvalue weighted by Gasteiger charge is -2.32. The molecule has 0 saturated carbocycles. The van der Waals surface area contributed by atoms with E-state index in [1.807, 2.05) is 0 Å². The zero-order valence-corrected chi connectivity index (χ0v) is 10.4. The molecule has 0 aromatic carbocycles. The third-order valence-electron chi connectivity index (χ3n) is 2.78. The molecule has 19 heavy (non-hydrogen) atoms. The van der Waals surface area contributed by atoms with E-state index in [1.165, 1.54) is 31.3 Å². The fourth-order valence-electron chi connectivity index (χ4n) is 1.63. The monoisotopic (exact) mass is 277 g/mol. The van der Waals surface area contributed by atoms with Gasteiger partial charge in [-0.15, -0.1) is 0 Å². The van der Waals surface area contributed by atoms with Crippen LogP contribution in [-0.2, 0) is 9.53 Å². The summed E-state index contributed by atoms with van der Waals surface area (Å²) in [7, 11) is 0. The summed E-state index contributed by atoms with van der Waals surface area (Å²) >= 11 is 0. The molecular weight excluding hydrogens is 263 g/mol. The highest BCUT2D eigenvalue weighted by Gasteiger charge is 2.64. The molecule has 0 aliphatic heterocycles. The van der Waals surface area contributed by atoms with Crippen LogP contribution >= 0.6 is 0 Å². The maximum atomic E-state index is 13.0. The molecule has 0 spiro atoms.